The van der Waals surface area contributed by atoms with Crippen molar-refractivity contribution in [3.8, 4) is 5.75 Å². The van der Waals surface area contributed by atoms with E-state index in [0.29, 0.717) is 30.5 Å². The van der Waals surface area contributed by atoms with Crippen LogP contribution in [0.25, 0.3) is 0 Å². The predicted octanol–water partition coefficient (Wildman–Crippen LogP) is 0.0528. The lowest BCUT2D eigenvalue weighted by molar-refractivity contribution is -0.142. The quantitative estimate of drug-likeness (QED) is 0.0560. The van der Waals surface area contributed by atoms with E-state index in [2.05, 4.69) is 21.3 Å². The number of carboxylic acid groups (broad SMARTS) is 1. The van der Waals surface area contributed by atoms with Crippen molar-refractivity contribution in [2.24, 2.45) is 17.2 Å². The number of hydrogen-bond acceptors (Lipinski definition) is 8. The van der Waals surface area contributed by atoms with Crippen molar-refractivity contribution in [2.45, 2.75) is 83.0 Å². The highest BCUT2D eigenvalue weighted by atomic mass is 16.4. The van der Waals surface area contributed by atoms with Crippen molar-refractivity contribution in [1.29, 1.82) is 5.41 Å². The third-order valence-electron chi connectivity index (χ3n) is 7.66. The van der Waals surface area contributed by atoms with E-state index in [-0.39, 0.29) is 50.4 Å². The highest BCUT2D eigenvalue weighted by Gasteiger charge is 2.31. The smallest absolute Gasteiger partial charge is 0.326 e. The molecule has 4 unspecified atom stereocenters. The number of aliphatic carboxylic acids is 1. The first kappa shape index (κ1) is 37.5. The number of aryl methyl sites for hydroxylation is 1. The van der Waals surface area contributed by atoms with Gasteiger partial charge in [-0.15, -0.1) is 0 Å². The molecule has 0 aliphatic carbocycles. The summed E-state index contributed by atoms with van der Waals surface area (Å²) in [4.78, 5) is 52.4. The van der Waals surface area contributed by atoms with Crippen molar-refractivity contribution in [2.75, 3.05) is 13.1 Å². The van der Waals surface area contributed by atoms with E-state index < -0.39 is 47.9 Å². The number of phenols is 1. The van der Waals surface area contributed by atoms with E-state index in [1.807, 2.05) is 30.3 Å². The summed E-state index contributed by atoms with van der Waals surface area (Å²) in [6.07, 6.45) is 1.86. The Morgan fingerprint density at radius 3 is 2.07 bits per heavy atom. The average Bonchev–Trinajstić information content (AvgIpc) is 3.01. The van der Waals surface area contributed by atoms with Crippen LogP contribution in [0.2, 0.25) is 0 Å². The van der Waals surface area contributed by atoms with E-state index in [1.54, 1.807) is 19.9 Å². The molecule has 0 aromatic heterocycles. The van der Waals surface area contributed by atoms with E-state index in [9.17, 15) is 29.4 Å². The van der Waals surface area contributed by atoms with Gasteiger partial charge in [0.15, 0.2) is 5.96 Å². The fourth-order valence-electron chi connectivity index (χ4n) is 4.94. The summed E-state index contributed by atoms with van der Waals surface area (Å²) in [5.74, 6) is -3.47. The molecule has 2 rings (SSSR count). The number of benzene rings is 2. The summed E-state index contributed by atoms with van der Waals surface area (Å²) >= 11 is 0. The third-order valence-corrected chi connectivity index (χ3v) is 7.66. The first-order valence-corrected chi connectivity index (χ1v) is 15.3. The Hall–Kier alpha value is -4.69. The van der Waals surface area contributed by atoms with Crippen molar-refractivity contribution < 1.29 is 29.4 Å². The van der Waals surface area contributed by atoms with Crippen molar-refractivity contribution in [3.05, 3.63) is 64.7 Å². The third kappa shape index (κ3) is 12.4. The molecule has 2 aromatic carbocycles. The molecule has 252 valence electrons. The second-order valence-electron chi connectivity index (χ2n) is 11.3. The van der Waals surface area contributed by atoms with Gasteiger partial charge in [-0.2, -0.15) is 0 Å². The summed E-state index contributed by atoms with van der Waals surface area (Å²) < 4.78 is 0. The van der Waals surface area contributed by atoms with Gasteiger partial charge < -0.3 is 48.7 Å². The Balaban J connectivity index is 2.30. The maximum atomic E-state index is 13.7. The van der Waals surface area contributed by atoms with Crippen molar-refractivity contribution >= 4 is 29.7 Å². The molecule has 3 amide bonds. The zero-order valence-corrected chi connectivity index (χ0v) is 26.5. The van der Waals surface area contributed by atoms with E-state index >= 15 is 0 Å². The highest BCUT2D eigenvalue weighted by Crippen LogP contribution is 2.24. The lowest BCUT2D eigenvalue weighted by Gasteiger charge is -2.26. The molecule has 0 saturated heterocycles. The molecule has 14 nitrogen and oxygen atoms in total. The summed E-state index contributed by atoms with van der Waals surface area (Å²) in [5.41, 5.74) is 19.8. The lowest BCUT2D eigenvalue weighted by atomic mass is 9.94. The summed E-state index contributed by atoms with van der Waals surface area (Å²) in [6.45, 7) is 4.09. The molecule has 0 aliphatic rings. The Bertz CT molecular complexity index is 1340. The highest BCUT2D eigenvalue weighted by molar-refractivity contribution is 5.94. The van der Waals surface area contributed by atoms with Crippen LogP contribution in [0.3, 0.4) is 0 Å². The standard InChI is InChI=1S/C32H48N8O6/c1-19-13-14-27(41)20(2)22(19)18-26(30(44)39-25(31(45)46)12-8-16-37-32(35)36)40-29(43)24(11-6-7-15-33)38-28(42)23(34)17-21-9-4-3-5-10-21/h3-5,9-10,13-14,23-26,41H,6-8,11-12,15-18,33-34H2,1-2H3,(H,38,42)(H,39,44)(H,40,43)(H,45,46)(H4,35,36,37). The zero-order chi connectivity index (χ0) is 34.2. The largest absolute Gasteiger partial charge is 0.508 e. The Morgan fingerprint density at radius 2 is 1.43 bits per heavy atom. The first-order chi connectivity index (χ1) is 21.8. The molecule has 0 aliphatic heterocycles. The Morgan fingerprint density at radius 1 is 0.826 bits per heavy atom. The lowest BCUT2D eigenvalue weighted by Crippen LogP contribution is -2.57. The average molecular weight is 641 g/mol. The summed E-state index contributed by atoms with van der Waals surface area (Å²) in [5, 5.41) is 37.9. The van der Waals surface area contributed by atoms with E-state index in [1.165, 1.54) is 6.07 Å². The minimum absolute atomic E-state index is 0.00629. The molecule has 46 heavy (non-hydrogen) atoms. The summed E-state index contributed by atoms with van der Waals surface area (Å²) in [6, 6.07) is 7.90. The van der Waals surface area contributed by atoms with Crippen LogP contribution in [0.1, 0.15) is 54.4 Å². The molecular formula is C32H48N8O6. The van der Waals surface area contributed by atoms with Gasteiger partial charge >= 0.3 is 5.97 Å². The molecule has 0 spiro atoms. The van der Waals surface area contributed by atoms with Crippen LogP contribution >= 0.6 is 0 Å². The molecular weight excluding hydrogens is 592 g/mol. The maximum absolute atomic E-state index is 13.7. The number of amides is 3. The number of hydrogen-bond donors (Lipinski definition) is 10. The van der Waals surface area contributed by atoms with Gasteiger partial charge in [0.1, 0.15) is 23.9 Å². The van der Waals surface area contributed by atoms with Crippen molar-refractivity contribution in [1.82, 2.24) is 21.3 Å². The van der Waals surface area contributed by atoms with Gasteiger partial charge in [-0.1, -0.05) is 36.4 Å². The zero-order valence-electron chi connectivity index (χ0n) is 26.5. The Kier molecular flexibility index (Phi) is 15.5. The molecule has 0 bridgehead atoms. The van der Waals surface area contributed by atoms with Gasteiger partial charge in [-0.05, 0) is 87.2 Å². The number of rotatable bonds is 19. The Labute approximate surface area is 269 Å². The number of unbranched alkanes of at least 4 members (excludes halogenated alkanes) is 1. The van der Waals surface area contributed by atoms with Crippen LogP contribution in [0.5, 0.6) is 5.75 Å². The molecule has 0 saturated carbocycles. The van der Waals surface area contributed by atoms with Gasteiger partial charge in [0, 0.05) is 13.0 Å². The number of nitrogens with one attached hydrogen (secondary N) is 5. The fraction of sp³-hybridized carbons (Fsp3) is 0.469. The van der Waals surface area contributed by atoms with Crippen molar-refractivity contribution in [3.63, 3.8) is 0 Å². The molecule has 0 fully saturated rings. The minimum atomic E-state index is -1.29. The number of carbonyl (C=O) groups excluding carboxylic acids is 3. The second-order valence-corrected chi connectivity index (χ2v) is 11.3. The predicted molar refractivity (Wildman–Crippen MR) is 175 cm³/mol. The van der Waals surface area contributed by atoms with Gasteiger partial charge in [0.25, 0.3) is 0 Å². The van der Waals surface area contributed by atoms with Crippen LogP contribution < -0.4 is 38.5 Å². The van der Waals surface area contributed by atoms with Crippen LogP contribution in [0, 0.1) is 19.3 Å². The number of guanidine groups is 1. The van der Waals surface area contributed by atoms with Crippen LogP contribution in [0.15, 0.2) is 42.5 Å². The minimum Gasteiger partial charge on any atom is -0.508 e. The number of phenolic OH excluding ortho intramolecular Hbond substituents is 1. The van der Waals surface area contributed by atoms with E-state index in [4.69, 9.17) is 22.6 Å². The summed E-state index contributed by atoms with van der Waals surface area (Å²) in [7, 11) is 0. The normalized spacial score (nSPS) is 13.5. The van der Waals surface area contributed by atoms with Gasteiger partial charge in [0.2, 0.25) is 17.7 Å². The van der Waals surface area contributed by atoms with Crippen LogP contribution in [-0.2, 0) is 32.0 Å². The van der Waals surface area contributed by atoms with Crippen LogP contribution in [-0.4, -0.2) is 77.1 Å². The molecule has 14 heteroatoms. The molecule has 0 heterocycles. The molecule has 13 N–H and O–H groups in total. The van der Waals surface area contributed by atoms with E-state index in [0.717, 1.165) is 11.1 Å². The van der Waals surface area contributed by atoms with Gasteiger partial charge in [-0.3, -0.25) is 19.8 Å². The number of nitrogens with two attached hydrogens (primary N) is 3. The monoisotopic (exact) mass is 640 g/mol. The first-order valence-electron chi connectivity index (χ1n) is 15.3. The second kappa shape index (κ2) is 19.0. The molecule has 4 atom stereocenters. The van der Waals surface area contributed by atoms with Crippen LogP contribution in [0.4, 0.5) is 0 Å². The fourth-order valence-corrected chi connectivity index (χ4v) is 4.94. The SMILES string of the molecule is Cc1ccc(O)c(C)c1CC(NC(=O)C(CCCCN)NC(=O)C(N)Cc1ccccc1)C(=O)NC(CCCNC(=N)N)C(=O)O. The topological polar surface area (TPSA) is 259 Å². The number of carboxylic acids is 1. The number of carbonyl (C=O) groups is 4. The van der Waals surface area contributed by atoms with Gasteiger partial charge in [-0.25, -0.2) is 4.79 Å². The van der Waals surface area contributed by atoms with Gasteiger partial charge in [0.05, 0.1) is 6.04 Å². The molecule has 2 aromatic rings. The maximum Gasteiger partial charge on any atom is 0.326 e. The molecule has 0 radical (unpaired) electrons. The number of aromatic hydroxyl groups is 1.